The smallest absolute Gasteiger partial charge is 0.193 e. The predicted octanol–water partition coefficient (Wildman–Crippen LogP) is 3.87. The number of halogens is 1. The van der Waals surface area contributed by atoms with Gasteiger partial charge in [0, 0.05) is 38.4 Å². The molecular formula is C22H41IN4O. The lowest BCUT2D eigenvalue weighted by Crippen LogP contribution is -2.54. The lowest BCUT2D eigenvalue weighted by Gasteiger charge is -2.44. The first kappa shape index (κ1) is 22.6. The summed E-state index contributed by atoms with van der Waals surface area (Å²) in [5.74, 6) is 1.17. The topological polar surface area (TPSA) is 40.1 Å². The number of aliphatic imine (C=N–C) groups is 1. The first-order valence-electron chi connectivity index (χ1n) is 11.6. The van der Waals surface area contributed by atoms with Gasteiger partial charge < -0.3 is 15.0 Å². The monoisotopic (exact) mass is 504 g/mol. The van der Waals surface area contributed by atoms with Gasteiger partial charge in [-0.15, -0.1) is 24.0 Å². The van der Waals surface area contributed by atoms with E-state index in [1.807, 2.05) is 0 Å². The molecule has 0 aromatic carbocycles. The highest BCUT2D eigenvalue weighted by Crippen LogP contribution is 2.43. The van der Waals surface area contributed by atoms with Crippen LogP contribution in [0, 0.1) is 5.41 Å². The molecule has 1 aliphatic carbocycles. The van der Waals surface area contributed by atoms with Crippen LogP contribution in [0.1, 0.15) is 71.1 Å². The number of nitrogens with one attached hydrogen (secondary N) is 1. The van der Waals surface area contributed by atoms with E-state index in [2.05, 4.69) is 22.0 Å². The average molecular weight is 505 g/mol. The van der Waals surface area contributed by atoms with Gasteiger partial charge in [-0.3, -0.25) is 9.89 Å². The molecule has 4 aliphatic rings. The van der Waals surface area contributed by atoms with Gasteiger partial charge in [-0.1, -0.05) is 19.3 Å². The molecule has 1 spiro atoms. The Morgan fingerprint density at radius 1 is 0.929 bits per heavy atom. The van der Waals surface area contributed by atoms with E-state index < -0.39 is 0 Å². The zero-order chi connectivity index (χ0) is 18.6. The summed E-state index contributed by atoms with van der Waals surface area (Å²) in [4.78, 5) is 10.6. The van der Waals surface area contributed by atoms with Crippen LogP contribution >= 0.6 is 24.0 Å². The van der Waals surface area contributed by atoms with Crippen LogP contribution in [0.4, 0.5) is 0 Å². The Balaban J connectivity index is 0.00000225. The molecule has 3 heterocycles. The number of likely N-dealkylation sites (tertiary alicyclic amines) is 2. The summed E-state index contributed by atoms with van der Waals surface area (Å²) in [5, 5.41) is 3.62. The fourth-order valence-electron chi connectivity index (χ4n) is 5.99. The summed E-state index contributed by atoms with van der Waals surface area (Å²) in [5.41, 5.74) is 0.817. The molecule has 0 unspecified atom stereocenters. The van der Waals surface area contributed by atoms with E-state index in [-0.39, 0.29) is 29.5 Å². The predicted molar refractivity (Wildman–Crippen MR) is 127 cm³/mol. The molecule has 4 rings (SSSR count). The highest BCUT2D eigenvalue weighted by Gasteiger charge is 2.42. The summed E-state index contributed by atoms with van der Waals surface area (Å²) in [7, 11) is 0. The number of rotatable bonds is 4. The Hall–Kier alpha value is -0.0800. The summed E-state index contributed by atoms with van der Waals surface area (Å²) in [6, 6.07) is 0. The molecule has 5 nitrogen and oxygen atoms in total. The van der Waals surface area contributed by atoms with Crippen molar-refractivity contribution in [3.05, 3.63) is 0 Å². The van der Waals surface area contributed by atoms with Crippen molar-refractivity contribution in [1.29, 1.82) is 0 Å². The van der Waals surface area contributed by atoms with Crippen molar-refractivity contribution in [2.24, 2.45) is 10.4 Å². The van der Waals surface area contributed by atoms with Gasteiger partial charge in [0.25, 0.3) is 0 Å². The highest BCUT2D eigenvalue weighted by molar-refractivity contribution is 14.0. The maximum atomic E-state index is 5.71. The van der Waals surface area contributed by atoms with Crippen molar-refractivity contribution in [3.8, 4) is 0 Å². The van der Waals surface area contributed by atoms with Gasteiger partial charge in [0.05, 0.1) is 6.54 Å². The van der Waals surface area contributed by atoms with E-state index in [1.165, 1.54) is 83.5 Å². The first-order valence-corrected chi connectivity index (χ1v) is 11.6. The summed E-state index contributed by atoms with van der Waals surface area (Å²) in [6.45, 7) is 10.8. The number of hydrogen-bond acceptors (Lipinski definition) is 3. The Bertz CT molecular complexity index is 509. The second kappa shape index (κ2) is 10.3. The Morgan fingerprint density at radius 2 is 1.64 bits per heavy atom. The molecule has 0 aromatic heterocycles. The number of nitrogens with zero attached hydrogens (tertiary/aromatic N) is 3. The maximum Gasteiger partial charge on any atom is 0.193 e. The number of guanidine groups is 1. The van der Waals surface area contributed by atoms with Gasteiger partial charge in [0.1, 0.15) is 0 Å². The summed E-state index contributed by atoms with van der Waals surface area (Å²) in [6.07, 6.45) is 13.5. The molecule has 6 heteroatoms. The second-order valence-corrected chi connectivity index (χ2v) is 9.43. The molecule has 0 atom stereocenters. The van der Waals surface area contributed by atoms with Crippen molar-refractivity contribution >= 4 is 29.9 Å². The largest absolute Gasteiger partial charge is 0.381 e. The van der Waals surface area contributed by atoms with E-state index in [9.17, 15) is 0 Å². The van der Waals surface area contributed by atoms with E-state index in [0.717, 1.165) is 39.1 Å². The van der Waals surface area contributed by atoms with Crippen LogP contribution in [0.15, 0.2) is 4.99 Å². The van der Waals surface area contributed by atoms with Crippen molar-refractivity contribution < 1.29 is 4.74 Å². The molecule has 0 bridgehead atoms. The van der Waals surface area contributed by atoms with Crippen LogP contribution < -0.4 is 5.32 Å². The molecule has 3 aliphatic heterocycles. The van der Waals surface area contributed by atoms with Crippen molar-refractivity contribution in [2.45, 2.75) is 76.7 Å². The maximum absolute atomic E-state index is 5.71. The average Bonchev–Trinajstić information content (AvgIpc) is 3.38. The Labute approximate surface area is 189 Å². The third kappa shape index (κ3) is 4.97. The van der Waals surface area contributed by atoms with E-state index in [4.69, 9.17) is 9.73 Å². The lowest BCUT2D eigenvalue weighted by atomic mass is 9.73. The second-order valence-electron chi connectivity index (χ2n) is 9.43. The van der Waals surface area contributed by atoms with Gasteiger partial charge in [0.2, 0.25) is 0 Å². The van der Waals surface area contributed by atoms with Crippen molar-refractivity contribution in [2.75, 3.05) is 52.5 Å². The summed E-state index contributed by atoms with van der Waals surface area (Å²) < 4.78 is 5.71. The quantitative estimate of drug-likeness (QED) is 0.359. The highest BCUT2D eigenvalue weighted by atomic mass is 127. The fraction of sp³-hybridized carbons (Fsp3) is 0.955. The Morgan fingerprint density at radius 3 is 2.32 bits per heavy atom. The molecule has 4 fully saturated rings. The van der Waals surface area contributed by atoms with Gasteiger partial charge >= 0.3 is 0 Å². The molecule has 28 heavy (non-hydrogen) atoms. The van der Waals surface area contributed by atoms with Gasteiger partial charge in [-0.05, 0) is 70.4 Å². The molecule has 3 saturated heterocycles. The van der Waals surface area contributed by atoms with E-state index in [1.54, 1.807) is 0 Å². The Kier molecular flexibility index (Phi) is 8.31. The van der Waals surface area contributed by atoms with Crippen LogP contribution in [0.25, 0.3) is 0 Å². The molecular weight excluding hydrogens is 463 g/mol. The fourth-order valence-corrected chi connectivity index (χ4v) is 5.99. The SMILES string of the molecule is CCNC(=NCC1(N2CCCC2)CCOCC1)N1CCC2(CCCCC2)C1.I. The van der Waals surface area contributed by atoms with Crippen LogP contribution in [0.3, 0.4) is 0 Å². The lowest BCUT2D eigenvalue weighted by molar-refractivity contribution is -0.0139. The molecule has 162 valence electrons. The molecule has 1 N–H and O–H groups in total. The van der Waals surface area contributed by atoms with Crippen molar-refractivity contribution in [3.63, 3.8) is 0 Å². The third-order valence-corrected chi connectivity index (χ3v) is 7.71. The number of ether oxygens (including phenoxy) is 1. The van der Waals surface area contributed by atoms with Gasteiger partial charge in [-0.2, -0.15) is 0 Å². The van der Waals surface area contributed by atoms with Crippen LogP contribution in [0.5, 0.6) is 0 Å². The minimum atomic E-state index is 0. The summed E-state index contributed by atoms with van der Waals surface area (Å²) >= 11 is 0. The van der Waals surface area contributed by atoms with Crippen molar-refractivity contribution in [1.82, 2.24) is 15.1 Å². The normalized spacial score (nSPS) is 27.8. The minimum absolute atomic E-state index is 0. The molecule has 1 saturated carbocycles. The first-order chi connectivity index (χ1) is 13.3. The molecule has 0 amide bonds. The molecule has 0 aromatic rings. The van der Waals surface area contributed by atoms with E-state index in [0.29, 0.717) is 5.41 Å². The minimum Gasteiger partial charge on any atom is -0.381 e. The van der Waals surface area contributed by atoms with Crippen LogP contribution in [-0.2, 0) is 4.74 Å². The zero-order valence-corrected chi connectivity index (χ0v) is 20.2. The van der Waals surface area contributed by atoms with Gasteiger partial charge in [-0.25, -0.2) is 0 Å². The van der Waals surface area contributed by atoms with Crippen LogP contribution in [0.2, 0.25) is 0 Å². The standard InChI is InChI=1S/C22H40N4O.HI/c1-2-23-20(25-15-10-21(19-25)8-4-3-5-9-21)24-18-22(11-16-27-17-12-22)26-13-6-7-14-26;/h2-19H2,1H3,(H,23,24);1H. The molecule has 0 radical (unpaired) electrons. The van der Waals surface area contributed by atoms with Gasteiger partial charge in [0.15, 0.2) is 5.96 Å². The van der Waals surface area contributed by atoms with E-state index >= 15 is 0 Å². The zero-order valence-electron chi connectivity index (χ0n) is 17.9. The number of hydrogen-bond donors (Lipinski definition) is 1. The van der Waals surface area contributed by atoms with Crippen LogP contribution in [-0.4, -0.2) is 73.8 Å². The third-order valence-electron chi connectivity index (χ3n) is 7.71.